The third kappa shape index (κ3) is 4.97. The van der Waals surface area contributed by atoms with Crippen LogP contribution in [0.25, 0.3) is 11.1 Å². The van der Waals surface area contributed by atoms with Crippen LogP contribution < -0.4 is 10.0 Å². The molecule has 1 heterocycles. The summed E-state index contributed by atoms with van der Waals surface area (Å²) in [6, 6.07) is 4.91. The van der Waals surface area contributed by atoms with Crippen LogP contribution in [0.5, 0.6) is 0 Å². The standard InChI is InChI=1S/C18H27FN4O3S/c1-3-23(4-2)27(24,25)20-12-13-5-8-15(9-6-13)21-18-22-16-10-7-14(19)11-17(16)26-18/h7,10-11,13,15,20H,3-6,8-9,12H2,1-2H3,(H,21,22). The maximum absolute atomic E-state index is 13.2. The maximum Gasteiger partial charge on any atom is 0.295 e. The molecule has 150 valence electrons. The SMILES string of the molecule is CCN(CC)S(=O)(=O)NCC1CCC(Nc2nc3ccc(F)cc3o2)CC1. The Morgan fingerprint density at radius 1 is 1.22 bits per heavy atom. The van der Waals surface area contributed by atoms with E-state index >= 15 is 0 Å². The van der Waals surface area contributed by atoms with Gasteiger partial charge in [-0.1, -0.05) is 13.8 Å². The largest absolute Gasteiger partial charge is 0.423 e. The molecule has 1 aromatic carbocycles. The number of aromatic nitrogens is 1. The van der Waals surface area contributed by atoms with Crippen molar-refractivity contribution in [1.29, 1.82) is 0 Å². The van der Waals surface area contributed by atoms with E-state index < -0.39 is 10.2 Å². The molecule has 2 aromatic rings. The van der Waals surface area contributed by atoms with Crippen LogP contribution >= 0.6 is 0 Å². The lowest BCUT2D eigenvalue weighted by atomic mass is 9.86. The fraction of sp³-hybridized carbons (Fsp3) is 0.611. The Hall–Kier alpha value is -1.71. The van der Waals surface area contributed by atoms with Crippen LogP contribution in [0.1, 0.15) is 39.5 Å². The van der Waals surface area contributed by atoms with E-state index in [2.05, 4.69) is 15.0 Å². The molecule has 0 bridgehead atoms. The molecular weight excluding hydrogens is 371 g/mol. The number of rotatable bonds is 8. The zero-order valence-electron chi connectivity index (χ0n) is 15.7. The normalized spacial score (nSPS) is 21.0. The minimum Gasteiger partial charge on any atom is -0.423 e. The highest BCUT2D eigenvalue weighted by molar-refractivity contribution is 7.87. The van der Waals surface area contributed by atoms with Crippen molar-refractivity contribution in [2.75, 3.05) is 25.0 Å². The van der Waals surface area contributed by atoms with Gasteiger partial charge in [0.15, 0.2) is 5.58 Å². The highest BCUT2D eigenvalue weighted by atomic mass is 32.2. The van der Waals surface area contributed by atoms with Crippen LogP contribution in [0.3, 0.4) is 0 Å². The van der Waals surface area contributed by atoms with Gasteiger partial charge in [-0.2, -0.15) is 17.7 Å². The Bertz CT molecular complexity index is 859. The number of fused-ring (bicyclic) bond motifs is 1. The molecule has 3 rings (SSSR count). The van der Waals surface area contributed by atoms with Crippen LogP contribution in [-0.4, -0.2) is 43.4 Å². The Balaban J connectivity index is 1.48. The molecule has 1 fully saturated rings. The summed E-state index contributed by atoms with van der Waals surface area (Å²) in [6.07, 6.45) is 3.66. The van der Waals surface area contributed by atoms with E-state index in [9.17, 15) is 12.8 Å². The van der Waals surface area contributed by atoms with Crippen molar-refractivity contribution in [1.82, 2.24) is 14.0 Å². The molecule has 27 heavy (non-hydrogen) atoms. The average Bonchev–Trinajstić information content (AvgIpc) is 3.03. The zero-order chi connectivity index (χ0) is 19.4. The van der Waals surface area contributed by atoms with E-state index in [4.69, 9.17) is 4.42 Å². The summed E-state index contributed by atoms with van der Waals surface area (Å²) < 4.78 is 47.4. The molecule has 2 N–H and O–H groups in total. The van der Waals surface area contributed by atoms with Crippen molar-refractivity contribution in [2.45, 2.75) is 45.6 Å². The molecule has 1 aliphatic carbocycles. The molecule has 0 unspecified atom stereocenters. The van der Waals surface area contributed by atoms with Crippen molar-refractivity contribution in [3.63, 3.8) is 0 Å². The quantitative estimate of drug-likeness (QED) is 0.713. The molecule has 0 saturated heterocycles. The molecule has 0 radical (unpaired) electrons. The summed E-state index contributed by atoms with van der Waals surface area (Å²) in [6.45, 7) is 5.07. The fourth-order valence-electron chi connectivity index (χ4n) is 3.52. The van der Waals surface area contributed by atoms with E-state index in [1.807, 2.05) is 13.8 Å². The fourth-order valence-corrected chi connectivity index (χ4v) is 4.83. The first kappa shape index (κ1) is 20.0. The molecular formula is C18H27FN4O3S. The van der Waals surface area contributed by atoms with Gasteiger partial charge < -0.3 is 9.73 Å². The number of nitrogens with zero attached hydrogens (tertiary/aromatic N) is 2. The predicted octanol–water partition coefficient (Wildman–Crippen LogP) is 3.11. The molecule has 0 atom stereocenters. The Labute approximate surface area is 159 Å². The van der Waals surface area contributed by atoms with Gasteiger partial charge in [0, 0.05) is 31.7 Å². The molecule has 7 nitrogen and oxygen atoms in total. The smallest absolute Gasteiger partial charge is 0.295 e. The molecule has 0 amide bonds. The zero-order valence-corrected chi connectivity index (χ0v) is 16.6. The second-order valence-corrected chi connectivity index (χ2v) is 8.69. The van der Waals surface area contributed by atoms with E-state index in [0.29, 0.717) is 42.7 Å². The van der Waals surface area contributed by atoms with Gasteiger partial charge in [0.2, 0.25) is 0 Å². The number of benzene rings is 1. The van der Waals surface area contributed by atoms with Gasteiger partial charge in [-0.15, -0.1) is 0 Å². The van der Waals surface area contributed by atoms with Crippen LogP contribution in [0.2, 0.25) is 0 Å². The van der Waals surface area contributed by atoms with Gasteiger partial charge in [-0.3, -0.25) is 0 Å². The second kappa shape index (κ2) is 8.53. The Morgan fingerprint density at radius 2 is 1.93 bits per heavy atom. The molecule has 1 aliphatic rings. The van der Waals surface area contributed by atoms with E-state index in [-0.39, 0.29) is 11.9 Å². The lowest BCUT2D eigenvalue weighted by Crippen LogP contribution is -2.43. The van der Waals surface area contributed by atoms with E-state index in [1.54, 1.807) is 6.07 Å². The van der Waals surface area contributed by atoms with Gasteiger partial charge in [0.05, 0.1) is 0 Å². The summed E-state index contributed by atoms with van der Waals surface area (Å²) in [4.78, 5) is 4.33. The minimum absolute atomic E-state index is 0.221. The molecule has 9 heteroatoms. The first-order chi connectivity index (χ1) is 12.9. The number of hydrogen-bond acceptors (Lipinski definition) is 5. The van der Waals surface area contributed by atoms with Crippen molar-refractivity contribution in [2.24, 2.45) is 5.92 Å². The van der Waals surface area contributed by atoms with Crippen molar-refractivity contribution in [3.8, 4) is 0 Å². The number of anilines is 1. The first-order valence-electron chi connectivity index (χ1n) is 9.48. The van der Waals surface area contributed by atoms with E-state index in [1.165, 1.54) is 16.4 Å². The first-order valence-corrected chi connectivity index (χ1v) is 10.9. The third-order valence-corrected chi connectivity index (χ3v) is 6.85. The van der Waals surface area contributed by atoms with Gasteiger partial charge >= 0.3 is 0 Å². The van der Waals surface area contributed by atoms with Crippen LogP contribution in [0.4, 0.5) is 10.4 Å². The number of halogens is 1. The van der Waals surface area contributed by atoms with Crippen LogP contribution in [0.15, 0.2) is 22.6 Å². The summed E-state index contributed by atoms with van der Waals surface area (Å²) >= 11 is 0. The van der Waals surface area contributed by atoms with Crippen molar-refractivity contribution < 1.29 is 17.2 Å². The number of nitrogens with one attached hydrogen (secondary N) is 2. The molecule has 0 aliphatic heterocycles. The lowest BCUT2D eigenvalue weighted by Gasteiger charge is -2.29. The van der Waals surface area contributed by atoms with Gasteiger partial charge in [0.25, 0.3) is 16.2 Å². The number of oxazole rings is 1. The molecule has 0 spiro atoms. The van der Waals surface area contributed by atoms with Crippen LogP contribution in [-0.2, 0) is 10.2 Å². The monoisotopic (exact) mass is 398 g/mol. The predicted molar refractivity (Wildman–Crippen MR) is 103 cm³/mol. The van der Waals surface area contributed by atoms with Crippen molar-refractivity contribution >= 4 is 27.3 Å². The minimum atomic E-state index is -3.39. The summed E-state index contributed by atoms with van der Waals surface area (Å²) in [7, 11) is -3.39. The van der Waals surface area contributed by atoms with Crippen LogP contribution in [0, 0.1) is 11.7 Å². The Kier molecular flexibility index (Phi) is 6.33. The summed E-state index contributed by atoms with van der Waals surface area (Å²) in [5.41, 5.74) is 1.05. The highest BCUT2D eigenvalue weighted by Gasteiger charge is 2.25. The third-order valence-electron chi connectivity index (χ3n) is 5.12. The topological polar surface area (TPSA) is 87.5 Å². The lowest BCUT2D eigenvalue weighted by molar-refractivity contribution is 0.330. The highest BCUT2D eigenvalue weighted by Crippen LogP contribution is 2.27. The van der Waals surface area contributed by atoms with Crippen molar-refractivity contribution in [3.05, 3.63) is 24.0 Å². The van der Waals surface area contributed by atoms with Gasteiger partial charge in [-0.25, -0.2) is 9.11 Å². The molecule has 1 saturated carbocycles. The maximum atomic E-state index is 13.2. The molecule has 1 aromatic heterocycles. The summed E-state index contributed by atoms with van der Waals surface area (Å²) in [5.74, 6) is -0.0241. The second-order valence-electron chi connectivity index (χ2n) is 6.93. The average molecular weight is 399 g/mol. The van der Waals surface area contributed by atoms with Gasteiger partial charge in [-0.05, 0) is 43.7 Å². The summed E-state index contributed by atoms with van der Waals surface area (Å²) in [5, 5.41) is 3.27. The number of hydrogen-bond donors (Lipinski definition) is 2. The Morgan fingerprint density at radius 3 is 2.59 bits per heavy atom. The van der Waals surface area contributed by atoms with E-state index in [0.717, 1.165) is 25.7 Å². The van der Waals surface area contributed by atoms with Gasteiger partial charge in [0.1, 0.15) is 11.3 Å².